The van der Waals surface area contributed by atoms with Crippen molar-refractivity contribution in [2.75, 3.05) is 11.0 Å². The van der Waals surface area contributed by atoms with Crippen LogP contribution in [0.1, 0.15) is 12.5 Å². The van der Waals surface area contributed by atoms with Crippen LogP contribution in [0.3, 0.4) is 0 Å². The molecule has 0 aliphatic carbocycles. The molecule has 0 atom stereocenters. The van der Waals surface area contributed by atoms with Crippen molar-refractivity contribution in [1.29, 1.82) is 0 Å². The molecule has 6 nitrogen and oxygen atoms in total. The van der Waals surface area contributed by atoms with Crippen molar-refractivity contribution in [3.8, 4) is 0 Å². The minimum Gasteiger partial charge on any atom is -0.255 e. The number of fused-ring (bicyclic) bond motifs is 1. The Balaban J connectivity index is 1.93. The van der Waals surface area contributed by atoms with Crippen molar-refractivity contribution in [3.63, 3.8) is 0 Å². The highest BCUT2D eigenvalue weighted by Crippen LogP contribution is 2.29. The summed E-state index contributed by atoms with van der Waals surface area (Å²) in [4.78, 5) is 4.54. The van der Waals surface area contributed by atoms with Gasteiger partial charge in [0.2, 0.25) is 0 Å². The molecule has 0 unspecified atom stereocenters. The largest absolute Gasteiger partial charge is 0.263 e. The van der Waals surface area contributed by atoms with Crippen LogP contribution in [0.4, 0.5) is 5.13 Å². The molecule has 25 heavy (non-hydrogen) atoms. The van der Waals surface area contributed by atoms with Crippen LogP contribution in [0.25, 0.3) is 10.2 Å². The first-order chi connectivity index (χ1) is 11.7. The van der Waals surface area contributed by atoms with Crippen molar-refractivity contribution in [1.82, 2.24) is 4.98 Å². The minimum absolute atomic E-state index is 0.154. The van der Waals surface area contributed by atoms with Crippen LogP contribution in [0, 0.1) is 0 Å². The van der Waals surface area contributed by atoms with E-state index in [9.17, 15) is 16.8 Å². The summed E-state index contributed by atoms with van der Waals surface area (Å²) in [7, 11) is -7.07. The smallest absolute Gasteiger partial charge is 0.255 e. The van der Waals surface area contributed by atoms with E-state index in [4.69, 9.17) is 0 Å². The molecule has 0 amide bonds. The predicted molar refractivity (Wildman–Crippen MR) is 99.4 cm³/mol. The van der Waals surface area contributed by atoms with Crippen molar-refractivity contribution in [2.45, 2.75) is 23.1 Å². The van der Waals surface area contributed by atoms with Crippen molar-refractivity contribution >= 4 is 46.5 Å². The fraction of sp³-hybridized carbons (Fsp3) is 0.188. The Kier molecular flexibility index (Phi) is 4.56. The molecule has 3 aromatic rings. The van der Waals surface area contributed by atoms with Crippen LogP contribution in [0.5, 0.6) is 0 Å². The molecule has 0 bridgehead atoms. The molecule has 9 heteroatoms. The third-order valence-corrected chi connectivity index (χ3v) is 7.18. The van der Waals surface area contributed by atoms with E-state index < -0.39 is 19.9 Å². The van der Waals surface area contributed by atoms with Crippen LogP contribution in [0.15, 0.2) is 52.3 Å². The zero-order valence-electron chi connectivity index (χ0n) is 13.6. The molecule has 0 spiro atoms. The maximum absolute atomic E-state index is 12.5. The number of sulfonamides is 1. The predicted octanol–water partition coefficient (Wildman–Crippen LogP) is 3.06. The standard InChI is InChI=1S/C16H16N2O4S3/c1-3-11-4-6-12(7-5-11)25(21,22)18-16-17-14-9-8-13(24(2,19)20)10-15(14)23-16/h4-10H,3H2,1-2H3,(H,17,18). The molecule has 1 heterocycles. The molecule has 1 aromatic heterocycles. The quantitative estimate of drug-likeness (QED) is 0.715. The normalized spacial score (nSPS) is 12.4. The number of thiazole rings is 1. The molecule has 0 aliphatic heterocycles. The molecule has 0 aliphatic rings. The summed E-state index contributed by atoms with van der Waals surface area (Å²) in [5.41, 5.74) is 1.59. The lowest BCUT2D eigenvalue weighted by Gasteiger charge is -2.05. The summed E-state index contributed by atoms with van der Waals surface area (Å²) in [5, 5.41) is 0.195. The van der Waals surface area contributed by atoms with Gasteiger partial charge in [0.05, 0.1) is 20.0 Å². The van der Waals surface area contributed by atoms with Gasteiger partial charge in [-0.05, 0) is 42.3 Å². The Hall–Kier alpha value is -1.97. The van der Waals surface area contributed by atoms with E-state index in [1.165, 1.54) is 12.1 Å². The van der Waals surface area contributed by atoms with Crippen LogP contribution in [-0.4, -0.2) is 28.1 Å². The average molecular weight is 397 g/mol. The molecule has 3 rings (SSSR count). The Morgan fingerprint density at radius 2 is 1.64 bits per heavy atom. The fourth-order valence-corrected chi connectivity index (χ4v) is 5.12. The van der Waals surface area contributed by atoms with E-state index >= 15 is 0 Å². The van der Waals surface area contributed by atoms with Gasteiger partial charge in [0.1, 0.15) is 0 Å². The highest BCUT2D eigenvalue weighted by Gasteiger charge is 2.17. The lowest BCUT2D eigenvalue weighted by Crippen LogP contribution is -2.12. The Labute approximate surface area is 150 Å². The highest BCUT2D eigenvalue weighted by atomic mass is 32.2. The summed E-state index contributed by atoms with van der Waals surface area (Å²) < 4.78 is 51.2. The summed E-state index contributed by atoms with van der Waals surface area (Å²) in [6.45, 7) is 1.99. The van der Waals surface area contributed by atoms with Crippen LogP contribution in [0.2, 0.25) is 0 Å². The minimum atomic E-state index is -3.74. The Morgan fingerprint density at radius 3 is 2.24 bits per heavy atom. The van der Waals surface area contributed by atoms with Gasteiger partial charge >= 0.3 is 0 Å². The van der Waals surface area contributed by atoms with E-state index in [1.807, 2.05) is 6.92 Å². The molecule has 0 radical (unpaired) electrons. The van der Waals surface area contributed by atoms with Gasteiger partial charge in [0, 0.05) is 6.26 Å². The number of benzene rings is 2. The summed E-state index contributed by atoms with van der Waals surface area (Å²) >= 11 is 1.09. The summed E-state index contributed by atoms with van der Waals surface area (Å²) in [6.07, 6.45) is 1.95. The summed E-state index contributed by atoms with van der Waals surface area (Å²) in [6, 6.07) is 11.2. The molecular formula is C16H16N2O4S3. The van der Waals surface area contributed by atoms with Crippen molar-refractivity contribution < 1.29 is 16.8 Å². The van der Waals surface area contributed by atoms with Gasteiger partial charge in [-0.15, -0.1) is 0 Å². The van der Waals surface area contributed by atoms with Gasteiger partial charge in [-0.2, -0.15) is 0 Å². The van der Waals surface area contributed by atoms with Crippen molar-refractivity contribution in [3.05, 3.63) is 48.0 Å². The average Bonchev–Trinajstić information content (AvgIpc) is 2.94. The molecule has 2 aromatic carbocycles. The second-order valence-corrected chi connectivity index (χ2v) is 10.3. The molecule has 132 valence electrons. The van der Waals surface area contributed by atoms with Gasteiger partial charge in [-0.3, -0.25) is 4.72 Å². The first kappa shape index (κ1) is 17.8. The molecule has 1 N–H and O–H groups in total. The number of rotatable bonds is 5. The van der Waals surface area contributed by atoms with Gasteiger partial charge in [-0.1, -0.05) is 30.4 Å². The van der Waals surface area contributed by atoms with Gasteiger partial charge in [0.25, 0.3) is 10.0 Å². The van der Waals surface area contributed by atoms with Gasteiger partial charge < -0.3 is 0 Å². The number of aryl methyl sites for hydroxylation is 1. The number of anilines is 1. The maximum Gasteiger partial charge on any atom is 0.263 e. The zero-order chi connectivity index (χ0) is 18.2. The van der Waals surface area contributed by atoms with E-state index in [2.05, 4.69) is 9.71 Å². The van der Waals surface area contributed by atoms with E-state index in [0.717, 1.165) is 29.6 Å². The Bertz CT molecular complexity index is 1130. The highest BCUT2D eigenvalue weighted by molar-refractivity contribution is 7.93. The monoisotopic (exact) mass is 396 g/mol. The van der Waals surface area contributed by atoms with E-state index in [0.29, 0.717) is 10.2 Å². The molecular weight excluding hydrogens is 380 g/mol. The third-order valence-electron chi connectivity index (χ3n) is 3.65. The van der Waals surface area contributed by atoms with E-state index in [1.54, 1.807) is 30.3 Å². The zero-order valence-corrected chi connectivity index (χ0v) is 16.0. The maximum atomic E-state index is 12.5. The lowest BCUT2D eigenvalue weighted by molar-refractivity contribution is 0.600. The second-order valence-electron chi connectivity index (χ2n) is 5.52. The van der Waals surface area contributed by atoms with Crippen molar-refractivity contribution in [2.24, 2.45) is 0 Å². The number of hydrogen-bond donors (Lipinski definition) is 1. The van der Waals surface area contributed by atoms with E-state index in [-0.39, 0.29) is 14.9 Å². The molecule has 0 fully saturated rings. The van der Waals surface area contributed by atoms with Gasteiger partial charge in [-0.25, -0.2) is 21.8 Å². The van der Waals surface area contributed by atoms with Gasteiger partial charge in [0.15, 0.2) is 15.0 Å². The number of hydrogen-bond acceptors (Lipinski definition) is 6. The number of nitrogens with zero attached hydrogens (tertiary/aromatic N) is 1. The van der Waals surface area contributed by atoms with Crippen LogP contribution < -0.4 is 4.72 Å². The summed E-state index contributed by atoms with van der Waals surface area (Å²) in [5.74, 6) is 0. The first-order valence-corrected chi connectivity index (χ1v) is 11.6. The Morgan fingerprint density at radius 1 is 1.00 bits per heavy atom. The SMILES string of the molecule is CCc1ccc(S(=O)(=O)Nc2nc3ccc(S(C)(=O)=O)cc3s2)cc1. The van der Waals surface area contributed by atoms with Crippen LogP contribution >= 0.6 is 11.3 Å². The lowest BCUT2D eigenvalue weighted by atomic mass is 10.2. The van der Waals surface area contributed by atoms with Crippen LogP contribution in [-0.2, 0) is 26.3 Å². The molecule has 0 saturated carbocycles. The number of nitrogens with one attached hydrogen (secondary N) is 1. The first-order valence-electron chi connectivity index (χ1n) is 7.41. The number of sulfone groups is 1. The second kappa shape index (κ2) is 6.40. The molecule has 0 saturated heterocycles. The number of aromatic nitrogens is 1. The fourth-order valence-electron chi connectivity index (χ4n) is 2.26. The topological polar surface area (TPSA) is 93.2 Å². The third kappa shape index (κ3) is 3.83.